The van der Waals surface area contributed by atoms with Crippen molar-refractivity contribution in [3.63, 3.8) is 0 Å². The second kappa shape index (κ2) is 4.44. The van der Waals surface area contributed by atoms with Crippen LogP contribution in [0.2, 0.25) is 0 Å². The number of para-hydroxylation sites is 2. The molecule has 1 atom stereocenters. The van der Waals surface area contributed by atoms with Gasteiger partial charge in [-0.3, -0.25) is 4.79 Å². The molecule has 2 heterocycles. The fourth-order valence-electron chi connectivity index (χ4n) is 2.94. The molecule has 102 valence electrons. The van der Waals surface area contributed by atoms with E-state index in [0.717, 1.165) is 30.8 Å². The number of carbonyl (C=O) groups excluding carboxylic acids is 1. The third-order valence-corrected chi connectivity index (χ3v) is 4.08. The minimum Gasteiger partial charge on any atom is -0.477 e. The Morgan fingerprint density at radius 2 is 2.21 bits per heavy atom. The van der Waals surface area contributed by atoms with Gasteiger partial charge in [0.15, 0.2) is 6.10 Å². The van der Waals surface area contributed by atoms with E-state index in [9.17, 15) is 4.79 Å². The van der Waals surface area contributed by atoms with Crippen LogP contribution in [0.3, 0.4) is 0 Å². The Morgan fingerprint density at radius 3 is 2.95 bits per heavy atom. The molecule has 0 radical (unpaired) electrons. The van der Waals surface area contributed by atoms with Crippen LogP contribution in [-0.2, 0) is 4.79 Å². The van der Waals surface area contributed by atoms with Crippen molar-refractivity contribution in [2.75, 3.05) is 18.4 Å². The van der Waals surface area contributed by atoms with Gasteiger partial charge in [0.2, 0.25) is 0 Å². The van der Waals surface area contributed by atoms with E-state index < -0.39 is 6.10 Å². The molecular weight excluding hydrogens is 240 g/mol. The molecule has 1 N–H and O–H groups in total. The summed E-state index contributed by atoms with van der Waals surface area (Å²) in [6.07, 6.45) is 1.73. The van der Waals surface area contributed by atoms with Crippen LogP contribution in [-0.4, -0.2) is 35.5 Å². The van der Waals surface area contributed by atoms with Crippen LogP contribution in [0.1, 0.15) is 26.7 Å². The van der Waals surface area contributed by atoms with Gasteiger partial charge < -0.3 is 15.0 Å². The SMILES string of the molecule is CC1(C)CCCN1C(=O)C1CNc2ccccc2O1. The van der Waals surface area contributed by atoms with Gasteiger partial charge in [-0.1, -0.05) is 12.1 Å². The summed E-state index contributed by atoms with van der Waals surface area (Å²) >= 11 is 0. The van der Waals surface area contributed by atoms with E-state index in [1.807, 2.05) is 29.2 Å². The first-order valence-corrected chi connectivity index (χ1v) is 6.89. The summed E-state index contributed by atoms with van der Waals surface area (Å²) in [7, 11) is 0. The lowest BCUT2D eigenvalue weighted by atomic mass is 10.0. The number of rotatable bonds is 1. The summed E-state index contributed by atoms with van der Waals surface area (Å²) in [5.74, 6) is 0.869. The highest BCUT2D eigenvalue weighted by molar-refractivity contribution is 5.84. The highest BCUT2D eigenvalue weighted by Gasteiger charge is 2.40. The molecule has 1 aromatic rings. The lowest BCUT2D eigenvalue weighted by Crippen LogP contribution is -2.52. The molecule has 0 aromatic heterocycles. The lowest BCUT2D eigenvalue weighted by Gasteiger charge is -2.36. The van der Waals surface area contributed by atoms with Crippen LogP contribution < -0.4 is 10.1 Å². The largest absolute Gasteiger partial charge is 0.477 e. The molecule has 0 bridgehead atoms. The van der Waals surface area contributed by atoms with Gasteiger partial charge in [-0.25, -0.2) is 0 Å². The maximum Gasteiger partial charge on any atom is 0.265 e. The molecule has 0 saturated carbocycles. The van der Waals surface area contributed by atoms with Crippen LogP contribution in [0.4, 0.5) is 5.69 Å². The van der Waals surface area contributed by atoms with Gasteiger partial charge in [-0.15, -0.1) is 0 Å². The van der Waals surface area contributed by atoms with Gasteiger partial charge in [0.1, 0.15) is 5.75 Å². The molecule has 19 heavy (non-hydrogen) atoms. The summed E-state index contributed by atoms with van der Waals surface area (Å²) in [4.78, 5) is 14.6. The quantitative estimate of drug-likeness (QED) is 0.842. The Balaban J connectivity index is 1.76. The van der Waals surface area contributed by atoms with Gasteiger partial charge in [0.25, 0.3) is 5.91 Å². The molecule has 1 saturated heterocycles. The van der Waals surface area contributed by atoms with Crippen molar-refractivity contribution in [1.82, 2.24) is 4.90 Å². The van der Waals surface area contributed by atoms with Crippen molar-refractivity contribution in [1.29, 1.82) is 0 Å². The molecule has 4 nitrogen and oxygen atoms in total. The minimum atomic E-state index is -0.410. The zero-order chi connectivity index (χ0) is 13.5. The van der Waals surface area contributed by atoms with Crippen molar-refractivity contribution in [3.8, 4) is 5.75 Å². The van der Waals surface area contributed by atoms with Crippen LogP contribution in [0, 0.1) is 0 Å². The fraction of sp³-hybridized carbons (Fsp3) is 0.533. The Labute approximate surface area is 113 Å². The summed E-state index contributed by atoms with van der Waals surface area (Å²) in [5.41, 5.74) is 0.921. The first kappa shape index (κ1) is 12.3. The van der Waals surface area contributed by atoms with Crippen LogP contribution >= 0.6 is 0 Å². The number of nitrogens with one attached hydrogen (secondary N) is 1. The molecule has 2 aliphatic heterocycles. The number of fused-ring (bicyclic) bond motifs is 1. The van der Waals surface area contributed by atoms with E-state index in [-0.39, 0.29) is 11.4 Å². The van der Waals surface area contributed by atoms with E-state index in [2.05, 4.69) is 19.2 Å². The predicted octanol–water partition coefficient (Wildman–Crippen LogP) is 2.26. The molecule has 4 heteroatoms. The molecule has 3 rings (SSSR count). The first-order chi connectivity index (χ1) is 9.08. The molecule has 1 aromatic carbocycles. The normalized spacial score (nSPS) is 24.3. The summed E-state index contributed by atoms with van der Waals surface area (Å²) < 4.78 is 5.85. The first-order valence-electron chi connectivity index (χ1n) is 6.89. The smallest absolute Gasteiger partial charge is 0.265 e. The number of anilines is 1. The second-order valence-corrected chi connectivity index (χ2v) is 5.89. The van der Waals surface area contributed by atoms with E-state index in [1.165, 1.54) is 0 Å². The number of hydrogen-bond acceptors (Lipinski definition) is 3. The summed E-state index contributed by atoms with van der Waals surface area (Å²) in [5, 5.41) is 3.27. The van der Waals surface area contributed by atoms with Crippen LogP contribution in [0.15, 0.2) is 24.3 Å². The zero-order valence-corrected chi connectivity index (χ0v) is 11.5. The minimum absolute atomic E-state index is 0.0442. The van der Waals surface area contributed by atoms with Crippen molar-refractivity contribution in [2.24, 2.45) is 0 Å². The number of ether oxygens (including phenoxy) is 1. The number of amides is 1. The third-order valence-electron chi connectivity index (χ3n) is 4.08. The van der Waals surface area contributed by atoms with E-state index >= 15 is 0 Å². The maximum atomic E-state index is 12.6. The van der Waals surface area contributed by atoms with Crippen molar-refractivity contribution in [3.05, 3.63) is 24.3 Å². The number of likely N-dealkylation sites (tertiary alicyclic amines) is 1. The number of nitrogens with zero attached hydrogens (tertiary/aromatic N) is 1. The van der Waals surface area contributed by atoms with Gasteiger partial charge >= 0.3 is 0 Å². The van der Waals surface area contributed by atoms with E-state index in [4.69, 9.17) is 4.74 Å². The Kier molecular flexibility index (Phi) is 2.88. The standard InChI is InChI=1S/C15H20N2O2/c1-15(2)8-5-9-17(15)14(18)13-10-16-11-6-3-4-7-12(11)19-13/h3-4,6-7,13,16H,5,8-10H2,1-2H3. The maximum absolute atomic E-state index is 12.6. The van der Waals surface area contributed by atoms with E-state index in [0.29, 0.717) is 6.54 Å². The average Bonchev–Trinajstić information content (AvgIpc) is 2.77. The Morgan fingerprint density at radius 1 is 1.42 bits per heavy atom. The van der Waals surface area contributed by atoms with Gasteiger partial charge in [0.05, 0.1) is 12.2 Å². The molecule has 1 unspecified atom stereocenters. The molecular formula is C15H20N2O2. The van der Waals surface area contributed by atoms with Gasteiger partial charge in [-0.2, -0.15) is 0 Å². The van der Waals surface area contributed by atoms with Crippen molar-refractivity contribution in [2.45, 2.75) is 38.3 Å². The highest BCUT2D eigenvalue weighted by Crippen LogP contribution is 2.32. The van der Waals surface area contributed by atoms with Crippen molar-refractivity contribution >= 4 is 11.6 Å². The molecule has 0 aliphatic carbocycles. The zero-order valence-electron chi connectivity index (χ0n) is 11.5. The topological polar surface area (TPSA) is 41.6 Å². The second-order valence-electron chi connectivity index (χ2n) is 5.89. The van der Waals surface area contributed by atoms with E-state index in [1.54, 1.807) is 0 Å². The molecule has 1 amide bonds. The third kappa shape index (κ3) is 2.15. The lowest BCUT2D eigenvalue weighted by molar-refractivity contribution is -0.141. The molecule has 0 spiro atoms. The van der Waals surface area contributed by atoms with Crippen LogP contribution in [0.5, 0.6) is 5.75 Å². The monoisotopic (exact) mass is 260 g/mol. The summed E-state index contributed by atoms with van der Waals surface area (Å²) in [6.45, 7) is 5.64. The average molecular weight is 260 g/mol. The highest BCUT2D eigenvalue weighted by atomic mass is 16.5. The number of benzene rings is 1. The number of hydrogen-bond donors (Lipinski definition) is 1. The van der Waals surface area contributed by atoms with Gasteiger partial charge in [0, 0.05) is 12.1 Å². The number of carbonyl (C=O) groups is 1. The van der Waals surface area contributed by atoms with Crippen LogP contribution in [0.25, 0.3) is 0 Å². The summed E-state index contributed by atoms with van der Waals surface area (Å²) in [6, 6.07) is 7.75. The van der Waals surface area contributed by atoms with Gasteiger partial charge in [-0.05, 0) is 38.8 Å². The predicted molar refractivity (Wildman–Crippen MR) is 74.4 cm³/mol. The fourth-order valence-corrected chi connectivity index (χ4v) is 2.94. The molecule has 1 fully saturated rings. The molecule has 2 aliphatic rings. The Bertz CT molecular complexity index is 499. The Hall–Kier alpha value is -1.71. The van der Waals surface area contributed by atoms with Crippen molar-refractivity contribution < 1.29 is 9.53 Å².